The molecule has 0 saturated heterocycles. The molecule has 7 heteroatoms. The van der Waals surface area contributed by atoms with Crippen molar-refractivity contribution in [2.24, 2.45) is 0 Å². The Morgan fingerprint density at radius 1 is 1.08 bits per heavy atom. The second-order valence-electron chi connectivity index (χ2n) is 5.25. The van der Waals surface area contributed by atoms with Crippen molar-refractivity contribution < 1.29 is 18.8 Å². The first kappa shape index (κ1) is 16.5. The van der Waals surface area contributed by atoms with E-state index in [-0.39, 0.29) is 11.8 Å². The molecule has 0 saturated carbocycles. The van der Waals surface area contributed by atoms with Gasteiger partial charge in [0.1, 0.15) is 0 Å². The number of Topliss-reactive ketones (excluding diaryl/α,β-unsaturated/α-hetero) is 1. The van der Waals surface area contributed by atoms with Crippen molar-refractivity contribution >= 4 is 17.5 Å². The van der Waals surface area contributed by atoms with Crippen LogP contribution in [0.4, 0.5) is 11.7 Å². The van der Waals surface area contributed by atoms with Crippen molar-refractivity contribution in [1.82, 2.24) is 10.1 Å². The fourth-order valence-corrected chi connectivity index (χ4v) is 2.31. The van der Waals surface area contributed by atoms with Crippen LogP contribution in [0.5, 0.6) is 11.5 Å². The van der Waals surface area contributed by atoms with Gasteiger partial charge >= 0.3 is 6.01 Å². The highest BCUT2D eigenvalue weighted by Gasteiger charge is 2.12. The molecular weight excluding hydrogens is 322 g/mol. The monoisotopic (exact) mass is 339 g/mol. The summed E-state index contributed by atoms with van der Waals surface area (Å²) in [5.41, 5.74) is 2.02. The van der Waals surface area contributed by atoms with E-state index in [2.05, 4.69) is 15.5 Å². The number of carbonyl (C=O) groups excluding carboxylic acids is 1. The van der Waals surface area contributed by atoms with Crippen molar-refractivity contribution in [1.29, 1.82) is 0 Å². The summed E-state index contributed by atoms with van der Waals surface area (Å²) in [5, 5.41) is 6.95. The average Bonchev–Trinajstić information content (AvgIpc) is 3.09. The minimum absolute atomic E-state index is 0.0137. The van der Waals surface area contributed by atoms with E-state index in [1.54, 1.807) is 44.6 Å². The summed E-state index contributed by atoms with van der Waals surface area (Å²) in [6.07, 6.45) is 0. The molecule has 0 atom stereocenters. The van der Waals surface area contributed by atoms with E-state index >= 15 is 0 Å². The van der Waals surface area contributed by atoms with E-state index in [9.17, 15) is 4.79 Å². The van der Waals surface area contributed by atoms with Gasteiger partial charge in [0.25, 0.3) is 0 Å². The van der Waals surface area contributed by atoms with Crippen molar-refractivity contribution in [3.63, 3.8) is 0 Å². The molecule has 7 nitrogen and oxygen atoms in total. The summed E-state index contributed by atoms with van der Waals surface area (Å²) in [6, 6.07) is 12.6. The third kappa shape index (κ3) is 3.60. The maximum absolute atomic E-state index is 11.5. The highest BCUT2D eigenvalue weighted by molar-refractivity contribution is 5.95. The van der Waals surface area contributed by atoms with Crippen molar-refractivity contribution in [2.45, 2.75) is 6.92 Å². The number of hydrogen-bond donors (Lipinski definition) is 1. The fraction of sp³-hybridized carbons (Fsp3) is 0.167. The van der Waals surface area contributed by atoms with Crippen LogP contribution in [0.1, 0.15) is 17.3 Å². The zero-order chi connectivity index (χ0) is 17.8. The molecule has 3 rings (SSSR count). The summed E-state index contributed by atoms with van der Waals surface area (Å²) < 4.78 is 15.7. The van der Waals surface area contributed by atoms with Crippen LogP contribution in [0.25, 0.3) is 11.4 Å². The Labute approximate surface area is 144 Å². The molecule has 0 spiro atoms. The third-order valence-corrected chi connectivity index (χ3v) is 3.59. The Hall–Kier alpha value is -3.35. The molecular formula is C18H17N3O4. The summed E-state index contributed by atoms with van der Waals surface area (Å²) in [7, 11) is 3.13. The van der Waals surface area contributed by atoms with Gasteiger partial charge in [-0.15, -0.1) is 0 Å². The first-order chi connectivity index (χ1) is 12.1. The van der Waals surface area contributed by atoms with E-state index in [4.69, 9.17) is 14.0 Å². The fourth-order valence-electron chi connectivity index (χ4n) is 2.31. The van der Waals surface area contributed by atoms with Crippen molar-refractivity contribution in [2.75, 3.05) is 19.5 Å². The highest BCUT2D eigenvalue weighted by Crippen LogP contribution is 2.31. The Morgan fingerprint density at radius 2 is 1.88 bits per heavy atom. The van der Waals surface area contributed by atoms with Gasteiger partial charge < -0.3 is 19.3 Å². The standard InChI is InChI=1S/C18H17N3O4/c1-11(22)12-5-4-6-14(9-12)19-18-20-17(21-25-18)13-7-8-15(23-2)16(10-13)24-3/h4-10H,1-3H3,(H,19,20,21). The number of benzene rings is 2. The average molecular weight is 339 g/mol. The van der Waals surface area contributed by atoms with Gasteiger partial charge in [-0.3, -0.25) is 4.79 Å². The molecule has 1 aromatic heterocycles. The SMILES string of the molecule is COc1ccc(-c2noc(Nc3cccc(C(C)=O)c3)n2)cc1OC. The molecule has 128 valence electrons. The molecule has 0 radical (unpaired) electrons. The molecule has 1 heterocycles. The number of methoxy groups -OCH3 is 2. The minimum atomic E-state index is -0.0137. The normalized spacial score (nSPS) is 10.4. The number of hydrogen-bond acceptors (Lipinski definition) is 7. The maximum Gasteiger partial charge on any atom is 0.326 e. The molecule has 2 aromatic carbocycles. The number of ketones is 1. The minimum Gasteiger partial charge on any atom is -0.493 e. The Kier molecular flexibility index (Phi) is 4.65. The third-order valence-electron chi connectivity index (χ3n) is 3.59. The molecule has 0 aliphatic heterocycles. The topological polar surface area (TPSA) is 86.5 Å². The van der Waals surface area contributed by atoms with Gasteiger partial charge in [-0.1, -0.05) is 17.3 Å². The lowest BCUT2D eigenvalue weighted by atomic mass is 10.1. The number of nitrogens with zero attached hydrogens (tertiary/aromatic N) is 2. The van der Waals surface area contributed by atoms with Crippen LogP contribution < -0.4 is 14.8 Å². The lowest BCUT2D eigenvalue weighted by Crippen LogP contribution is -1.95. The predicted molar refractivity (Wildman–Crippen MR) is 92.6 cm³/mol. The van der Waals surface area contributed by atoms with Gasteiger partial charge in [0.2, 0.25) is 5.82 Å². The Balaban J connectivity index is 1.83. The molecule has 1 N–H and O–H groups in total. The number of ether oxygens (including phenoxy) is 2. The first-order valence-corrected chi connectivity index (χ1v) is 7.55. The van der Waals surface area contributed by atoms with Crippen molar-refractivity contribution in [3.8, 4) is 22.9 Å². The quantitative estimate of drug-likeness (QED) is 0.685. The molecule has 0 aliphatic carbocycles. The lowest BCUT2D eigenvalue weighted by molar-refractivity contribution is 0.101. The van der Waals surface area contributed by atoms with E-state index < -0.39 is 0 Å². The number of aromatic nitrogens is 2. The van der Waals surface area contributed by atoms with Crippen LogP contribution in [0.3, 0.4) is 0 Å². The maximum atomic E-state index is 11.5. The summed E-state index contributed by atoms with van der Waals surface area (Å²) in [4.78, 5) is 15.8. The zero-order valence-electron chi connectivity index (χ0n) is 14.1. The highest BCUT2D eigenvalue weighted by atomic mass is 16.5. The first-order valence-electron chi connectivity index (χ1n) is 7.55. The van der Waals surface area contributed by atoms with E-state index in [1.165, 1.54) is 6.92 Å². The van der Waals surface area contributed by atoms with E-state index in [0.717, 1.165) is 5.56 Å². The van der Waals surface area contributed by atoms with Gasteiger partial charge in [-0.2, -0.15) is 4.98 Å². The van der Waals surface area contributed by atoms with Gasteiger partial charge in [-0.05, 0) is 37.3 Å². The largest absolute Gasteiger partial charge is 0.493 e. The zero-order valence-corrected chi connectivity index (χ0v) is 14.1. The van der Waals surface area contributed by atoms with E-state index in [0.29, 0.717) is 28.6 Å². The molecule has 0 unspecified atom stereocenters. The van der Waals surface area contributed by atoms with Gasteiger partial charge in [0.05, 0.1) is 14.2 Å². The molecule has 25 heavy (non-hydrogen) atoms. The summed E-state index contributed by atoms with van der Waals surface area (Å²) >= 11 is 0. The number of anilines is 2. The smallest absolute Gasteiger partial charge is 0.326 e. The van der Waals surface area contributed by atoms with Gasteiger partial charge in [0, 0.05) is 16.8 Å². The summed E-state index contributed by atoms with van der Waals surface area (Å²) in [6.45, 7) is 1.51. The molecule has 0 fully saturated rings. The van der Waals surface area contributed by atoms with Crippen LogP contribution in [-0.4, -0.2) is 30.1 Å². The second kappa shape index (κ2) is 7.04. The number of rotatable bonds is 6. The lowest BCUT2D eigenvalue weighted by Gasteiger charge is -2.07. The van der Waals surface area contributed by atoms with Crippen LogP contribution >= 0.6 is 0 Å². The molecule has 0 aliphatic rings. The van der Waals surface area contributed by atoms with Crippen LogP contribution in [-0.2, 0) is 0 Å². The van der Waals surface area contributed by atoms with Crippen LogP contribution in [0.15, 0.2) is 47.0 Å². The Morgan fingerprint density at radius 3 is 2.60 bits per heavy atom. The number of carbonyl (C=O) groups is 1. The molecule has 3 aromatic rings. The summed E-state index contributed by atoms with van der Waals surface area (Å²) in [5.74, 6) is 1.59. The Bertz CT molecular complexity index is 905. The van der Waals surface area contributed by atoms with Gasteiger partial charge in [-0.25, -0.2) is 0 Å². The predicted octanol–water partition coefficient (Wildman–Crippen LogP) is 3.70. The van der Waals surface area contributed by atoms with Crippen molar-refractivity contribution in [3.05, 3.63) is 48.0 Å². The van der Waals surface area contributed by atoms with Gasteiger partial charge in [0.15, 0.2) is 17.3 Å². The van der Waals surface area contributed by atoms with E-state index in [1.807, 2.05) is 12.1 Å². The molecule has 0 bridgehead atoms. The van der Waals surface area contributed by atoms with Crippen LogP contribution in [0.2, 0.25) is 0 Å². The second-order valence-corrected chi connectivity index (χ2v) is 5.25. The van der Waals surface area contributed by atoms with Crippen LogP contribution in [0, 0.1) is 0 Å². The number of nitrogens with one attached hydrogen (secondary N) is 1. The molecule has 0 amide bonds.